The van der Waals surface area contributed by atoms with E-state index in [1.165, 1.54) is 0 Å². The van der Waals surface area contributed by atoms with Gasteiger partial charge >= 0.3 is 5.97 Å². The van der Waals surface area contributed by atoms with E-state index in [1.54, 1.807) is 0 Å². The molecule has 1 aliphatic heterocycles. The average Bonchev–Trinajstić information content (AvgIpc) is 2.53. The molecule has 0 aliphatic carbocycles. The summed E-state index contributed by atoms with van der Waals surface area (Å²) in [6.45, 7) is 6.90. The van der Waals surface area contributed by atoms with Gasteiger partial charge in [-0.05, 0) is 24.8 Å². The number of hydrogen-bond donors (Lipinski definition) is 1. The molecular weight excluding hydrogens is 306 g/mol. The number of ether oxygens (including phenoxy) is 1. The molecule has 5 nitrogen and oxygen atoms in total. The Bertz CT molecular complexity index is 558. The molecule has 1 amide bonds. The van der Waals surface area contributed by atoms with Crippen LogP contribution in [0.5, 0.6) is 0 Å². The lowest BCUT2D eigenvalue weighted by Gasteiger charge is -2.40. The molecule has 0 saturated carbocycles. The molecule has 0 aromatic heterocycles. The van der Waals surface area contributed by atoms with Crippen molar-refractivity contribution in [1.82, 2.24) is 4.90 Å². The summed E-state index contributed by atoms with van der Waals surface area (Å²) in [5.41, 5.74) is 1.02. The van der Waals surface area contributed by atoms with Crippen molar-refractivity contribution in [1.29, 1.82) is 0 Å². The lowest BCUT2D eigenvalue weighted by atomic mass is 9.91. The highest BCUT2D eigenvalue weighted by atomic mass is 16.5. The van der Waals surface area contributed by atoms with Crippen LogP contribution in [0, 0.1) is 11.8 Å². The summed E-state index contributed by atoms with van der Waals surface area (Å²) < 4.78 is 5.76. The monoisotopic (exact) mass is 333 g/mol. The van der Waals surface area contributed by atoms with Gasteiger partial charge in [-0.25, -0.2) is 0 Å². The maximum atomic E-state index is 13.1. The molecule has 3 unspecified atom stereocenters. The number of carboxylic acid groups (broad SMARTS) is 1. The summed E-state index contributed by atoms with van der Waals surface area (Å²) in [4.78, 5) is 26.1. The second-order valence-corrected chi connectivity index (χ2v) is 6.99. The van der Waals surface area contributed by atoms with Crippen LogP contribution in [-0.4, -0.2) is 41.1 Å². The Morgan fingerprint density at radius 2 is 1.96 bits per heavy atom. The summed E-state index contributed by atoms with van der Waals surface area (Å²) in [6.07, 6.45) is 0.418. The number of morpholine rings is 1. The number of benzene rings is 1. The van der Waals surface area contributed by atoms with Crippen molar-refractivity contribution in [2.24, 2.45) is 11.8 Å². The van der Waals surface area contributed by atoms with Gasteiger partial charge in [0.15, 0.2) is 0 Å². The summed E-state index contributed by atoms with van der Waals surface area (Å²) in [6, 6.07) is 9.64. The van der Waals surface area contributed by atoms with Crippen molar-refractivity contribution in [3.8, 4) is 0 Å². The van der Waals surface area contributed by atoms with E-state index in [-0.39, 0.29) is 30.4 Å². The second-order valence-electron chi connectivity index (χ2n) is 6.99. The van der Waals surface area contributed by atoms with Gasteiger partial charge < -0.3 is 14.7 Å². The van der Waals surface area contributed by atoms with Crippen molar-refractivity contribution in [2.75, 3.05) is 13.2 Å². The molecule has 132 valence electrons. The van der Waals surface area contributed by atoms with Crippen LogP contribution in [0.15, 0.2) is 30.3 Å². The first-order valence-corrected chi connectivity index (χ1v) is 8.57. The smallest absolute Gasteiger partial charge is 0.304 e. The van der Waals surface area contributed by atoms with Crippen LogP contribution in [0.3, 0.4) is 0 Å². The lowest BCUT2D eigenvalue weighted by molar-refractivity contribution is -0.153. The van der Waals surface area contributed by atoms with Crippen LogP contribution in [0.1, 0.15) is 45.2 Å². The predicted molar refractivity (Wildman–Crippen MR) is 91.5 cm³/mol. The molecule has 2 rings (SSSR count). The lowest BCUT2D eigenvalue weighted by Crippen LogP contribution is -2.49. The molecule has 0 radical (unpaired) electrons. The zero-order valence-corrected chi connectivity index (χ0v) is 14.6. The SMILES string of the molecule is CC(C)CC(CC(=O)O)C(=O)N1CC(C)OCC1c1ccccc1. The summed E-state index contributed by atoms with van der Waals surface area (Å²) >= 11 is 0. The summed E-state index contributed by atoms with van der Waals surface area (Å²) in [7, 11) is 0. The minimum absolute atomic E-state index is 0.0431. The molecule has 1 aliphatic rings. The van der Waals surface area contributed by atoms with Crippen LogP contribution < -0.4 is 0 Å². The number of carbonyl (C=O) groups is 2. The molecule has 0 bridgehead atoms. The van der Waals surface area contributed by atoms with Gasteiger partial charge in [0.1, 0.15) is 0 Å². The van der Waals surface area contributed by atoms with Gasteiger partial charge in [0.2, 0.25) is 5.91 Å². The van der Waals surface area contributed by atoms with Gasteiger partial charge in [-0.15, -0.1) is 0 Å². The van der Waals surface area contributed by atoms with Gasteiger partial charge in [0.25, 0.3) is 0 Å². The first-order valence-electron chi connectivity index (χ1n) is 8.57. The molecule has 1 N–H and O–H groups in total. The fourth-order valence-corrected chi connectivity index (χ4v) is 3.28. The minimum atomic E-state index is -0.924. The Kier molecular flexibility index (Phi) is 6.37. The number of rotatable bonds is 6. The van der Waals surface area contributed by atoms with Crippen LogP contribution in [0.2, 0.25) is 0 Å². The first kappa shape index (κ1) is 18.5. The van der Waals surface area contributed by atoms with Gasteiger partial charge in [-0.3, -0.25) is 9.59 Å². The molecule has 1 aromatic carbocycles. The number of nitrogens with zero attached hydrogens (tertiary/aromatic N) is 1. The van der Waals surface area contributed by atoms with Crippen molar-refractivity contribution in [3.63, 3.8) is 0 Å². The van der Waals surface area contributed by atoms with Gasteiger partial charge in [0, 0.05) is 12.5 Å². The second kappa shape index (κ2) is 8.29. The molecule has 5 heteroatoms. The van der Waals surface area contributed by atoms with Crippen molar-refractivity contribution >= 4 is 11.9 Å². The average molecular weight is 333 g/mol. The number of carboxylic acids is 1. The molecule has 1 aromatic rings. The van der Waals surface area contributed by atoms with Crippen LogP contribution in [-0.2, 0) is 14.3 Å². The third kappa shape index (κ3) is 4.81. The fourth-order valence-electron chi connectivity index (χ4n) is 3.28. The normalized spacial score (nSPS) is 22.4. The highest BCUT2D eigenvalue weighted by molar-refractivity contribution is 5.83. The third-order valence-electron chi connectivity index (χ3n) is 4.36. The van der Waals surface area contributed by atoms with Crippen molar-refractivity contribution in [2.45, 2.75) is 45.8 Å². The molecular formula is C19H27NO4. The fraction of sp³-hybridized carbons (Fsp3) is 0.579. The van der Waals surface area contributed by atoms with E-state index in [0.717, 1.165) is 5.56 Å². The van der Waals surface area contributed by atoms with E-state index in [4.69, 9.17) is 4.74 Å². The first-order chi connectivity index (χ1) is 11.4. The highest BCUT2D eigenvalue weighted by Crippen LogP contribution is 2.30. The van der Waals surface area contributed by atoms with E-state index < -0.39 is 11.9 Å². The van der Waals surface area contributed by atoms with Crippen LogP contribution >= 0.6 is 0 Å². The third-order valence-corrected chi connectivity index (χ3v) is 4.36. The number of amides is 1. The van der Waals surface area contributed by atoms with Crippen molar-refractivity contribution < 1.29 is 19.4 Å². The Morgan fingerprint density at radius 1 is 1.29 bits per heavy atom. The highest BCUT2D eigenvalue weighted by Gasteiger charge is 2.36. The largest absolute Gasteiger partial charge is 0.481 e. The predicted octanol–water partition coefficient (Wildman–Crippen LogP) is 3.11. The molecule has 24 heavy (non-hydrogen) atoms. The van der Waals surface area contributed by atoms with E-state index in [0.29, 0.717) is 19.6 Å². The van der Waals surface area contributed by atoms with E-state index in [9.17, 15) is 14.7 Å². The number of hydrogen-bond acceptors (Lipinski definition) is 3. The minimum Gasteiger partial charge on any atom is -0.481 e. The molecule has 3 atom stereocenters. The number of aliphatic carboxylic acids is 1. The maximum Gasteiger partial charge on any atom is 0.304 e. The number of carbonyl (C=O) groups excluding carboxylic acids is 1. The standard InChI is InChI=1S/C19H27NO4/c1-13(2)9-16(10-18(21)22)19(23)20-11-14(3)24-12-17(20)15-7-5-4-6-8-15/h4-8,13-14,16-17H,9-12H2,1-3H3,(H,21,22). The van der Waals surface area contributed by atoms with Gasteiger partial charge in [-0.1, -0.05) is 44.2 Å². The van der Waals surface area contributed by atoms with Gasteiger partial charge in [-0.2, -0.15) is 0 Å². The Labute approximate surface area is 143 Å². The Morgan fingerprint density at radius 3 is 2.54 bits per heavy atom. The van der Waals surface area contributed by atoms with E-state index in [2.05, 4.69) is 0 Å². The van der Waals surface area contributed by atoms with E-state index in [1.807, 2.05) is 56.0 Å². The topological polar surface area (TPSA) is 66.8 Å². The molecule has 1 fully saturated rings. The van der Waals surface area contributed by atoms with Crippen LogP contribution in [0.4, 0.5) is 0 Å². The quantitative estimate of drug-likeness (QED) is 0.868. The molecule has 1 saturated heterocycles. The van der Waals surface area contributed by atoms with Crippen molar-refractivity contribution in [3.05, 3.63) is 35.9 Å². The summed E-state index contributed by atoms with van der Waals surface area (Å²) in [5.74, 6) is -1.22. The maximum absolute atomic E-state index is 13.1. The van der Waals surface area contributed by atoms with E-state index >= 15 is 0 Å². The molecule has 0 spiro atoms. The zero-order valence-electron chi connectivity index (χ0n) is 14.6. The van der Waals surface area contributed by atoms with Crippen LogP contribution in [0.25, 0.3) is 0 Å². The Balaban J connectivity index is 2.24. The summed E-state index contributed by atoms with van der Waals surface area (Å²) in [5, 5.41) is 9.18. The Hall–Kier alpha value is -1.88. The van der Waals surface area contributed by atoms with Gasteiger partial charge in [0.05, 0.1) is 25.2 Å². The molecule has 1 heterocycles. The zero-order chi connectivity index (χ0) is 17.7.